The Hall–Kier alpha value is -2.92. The van der Waals surface area contributed by atoms with Gasteiger partial charge in [-0.05, 0) is 24.0 Å². The summed E-state index contributed by atoms with van der Waals surface area (Å²) in [6.45, 7) is 8.48. The van der Waals surface area contributed by atoms with Crippen LogP contribution in [0.4, 0.5) is 5.82 Å². The monoisotopic (exact) mass is 390 g/mol. The van der Waals surface area contributed by atoms with Crippen molar-refractivity contribution in [2.24, 2.45) is 5.92 Å². The molecule has 0 saturated carbocycles. The van der Waals surface area contributed by atoms with Crippen LogP contribution in [0, 0.1) is 5.92 Å². The number of benzene rings is 2. The normalized spacial score (nSPS) is 12.3. The first-order chi connectivity index (χ1) is 14.0. The molecule has 0 unspecified atom stereocenters. The van der Waals surface area contributed by atoms with Gasteiger partial charge in [0.25, 0.3) is 0 Å². The van der Waals surface area contributed by atoms with E-state index in [0.29, 0.717) is 24.8 Å². The SMILES string of the molecule is CC(C)Cn1ccc(NC(=O)[C@H](C)N(Cc2ccccc2)Cc2ccccc2)n1. The molecule has 0 spiro atoms. The van der Waals surface area contributed by atoms with Crippen LogP contribution in [0.2, 0.25) is 0 Å². The molecule has 0 aliphatic carbocycles. The number of amides is 1. The molecule has 0 saturated heterocycles. The van der Waals surface area contributed by atoms with Crippen LogP contribution in [0.15, 0.2) is 72.9 Å². The van der Waals surface area contributed by atoms with Gasteiger partial charge in [0.2, 0.25) is 5.91 Å². The number of nitrogens with one attached hydrogen (secondary N) is 1. The minimum atomic E-state index is -0.300. The number of aromatic nitrogens is 2. The van der Waals surface area contributed by atoms with Gasteiger partial charge in [-0.15, -0.1) is 0 Å². The first-order valence-electron chi connectivity index (χ1n) is 10.2. The molecule has 5 nitrogen and oxygen atoms in total. The molecule has 0 aliphatic heterocycles. The molecule has 0 bridgehead atoms. The predicted octanol–water partition coefficient (Wildman–Crippen LogP) is 4.57. The highest BCUT2D eigenvalue weighted by atomic mass is 16.2. The zero-order valence-electron chi connectivity index (χ0n) is 17.5. The summed E-state index contributed by atoms with van der Waals surface area (Å²) in [6.07, 6.45) is 1.91. The number of anilines is 1. The van der Waals surface area contributed by atoms with Crippen molar-refractivity contribution in [1.82, 2.24) is 14.7 Å². The van der Waals surface area contributed by atoms with Gasteiger partial charge in [-0.3, -0.25) is 14.4 Å². The van der Waals surface area contributed by atoms with Gasteiger partial charge in [-0.1, -0.05) is 74.5 Å². The van der Waals surface area contributed by atoms with E-state index in [1.165, 1.54) is 11.1 Å². The molecule has 1 heterocycles. The standard InChI is InChI=1S/C24H30N4O/c1-19(2)16-28-15-14-23(26-28)25-24(29)20(3)27(17-21-10-6-4-7-11-21)18-22-12-8-5-9-13-22/h4-15,19-20H,16-18H2,1-3H3,(H,25,26,29)/t20-/m0/s1. The summed E-state index contributed by atoms with van der Waals surface area (Å²) < 4.78 is 1.87. The molecule has 1 aromatic heterocycles. The fourth-order valence-corrected chi connectivity index (χ4v) is 3.27. The van der Waals surface area contributed by atoms with E-state index in [1.807, 2.05) is 60.3 Å². The van der Waals surface area contributed by atoms with E-state index in [1.54, 1.807) is 0 Å². The van der Waals surface area contributed by atoms with Crippen LogP contribution < -0.4 is 5.32 Å². The van der Waals surface area contributed by atoms with Gasteiger partial charge in [0.1, 0.15) is 0 Å². The van der Waals surface area contributed by atoms with Crippen LogP contribution >= 0.6 is 0 Å². The minimum Gasteiger partial charge on any atom is -0.308 e. The number of carbonyl (C=O) groups excluding carboxylic acids is 1. The lowest BCUT2D eigenvalue weighted by atomic mass is 10.1. The topological polar surface area (TPSA) is 50.2 Å². The third-order valence-electron chi connectivity index (χ3n) is 4.83. The van der Waals surface area contributed by atoms with Gasteiger partial charge in [0.05, 0.1) is 6.04 Å². The maximum Gasteiger partial charge on any atom is 0.242 e. The largest absolute Gasteiger partial charge is 0.308 e. The second-order valence-corrected chi connectivity index (χ2v) is 7.86. The average Bonchev–Trinajstić information content (AvgIpc) is 3.14. The number of carbonyl (C=O) groups is 1. The molecule has 1 atom stereocenters. The van der Waals surface area contributed by atoms with Crippen molar-refractivity contribution in [3.05, 3.63) is 84.1 Å². The van der Waals surface area contributed by atoms with E-state index in [-0.39, 0.29) is 11.9 Å². The Bertz CT molecular complexity index is 848. The maximum atomic E-state index is 13.0. The van der Waals surface area contributed by atoms with Crippen molar-refractivity contribution >= 4 is 11.7 Å². The Labute approximate surface area is 173 Å². The molecular formula is C24H30N4O. The summed E-state index contributed by atoms with van der Waals surface area (Å²) >= 11 is 0. The van der Waals surface area contributed by atoms with Gasteiger partial charge in [-0.25, -0.2) is 0 Å². The van der Waals surface area contributed by atoms with Crippen molar-refractivity contribution in [2.75, 3.05) is 5.32 Å². The highest BCUT2D eigenvalue weighted by molar-refractivity contribution is 5.93. The molecule has 0 aliphatic rings. The average molecular weight is 391 g/mol. The lowest BCUT2D eigenvalue weighted by molar-refractivity contribution is -0.121. The van der Waals surface area contributed by atoms with Crippen molar-refractivity contribution in [1.29, 1.82) is 0 Å². The summed E-state index contributed by atoms with van der Waals surface area (Å²) in [4.78, 5) is 15.1. The molecular weight excluding hydrogens is 360 g/mol. The Kier molecular flexibility index (Phi) is 7.19. The minimum absolute atomic E-state index is 0.0494. The highest BCUT2D eigenvalue weighted by Crippen LogP contribution is 2.15. The molecule has 0 radical (unpaired) electrons. The Morgan fingerprint density at radius 1 is 0.931 bits per heavy atom. The summed E-state index contributed by atoms with van der Waals surface area (Å²) in [7, 11) is 0. The summed E-state index contributed by atoms with van der Waals surface area (Å²) in [5, 5.41) is 7.44. The van der Waals surface area contributed by atoms with Crippen molar-refractivity contribution in [2.45, 2.75) is 46.4 Å². The molecule has 3 rings (SSSR count). The number of hydrogen-bond acceptors (Lipinski definition) is 3. The Morgan fingerprint density at radius 3 is 2.00 bits per heavy atom. The predicted molar refractivity (Wildman–Crippen MR) is 117 cm³/mol. The zero-order chi connectivity index (χ0) is 20.6. The molecule has 1 amide bonds. The van der Waals surface area contributed by atoms with Crippen LogP contribution in [0.25, 0.3) is 0 Å². The fraction of sp³-hybridized carbons (Fsp3) is 0.333. The van der Waals surface area contributed by atoms with Crippen LogP contribution in [-0.2, 0) is 24.4 Å². The Morgan fingerprint density at radius 2 is 1.48 bits per heavy atom. The second-order valence-electron chi connectivity index (χ2n) is 7.86. The van der Waals surface area contributed by atoms with Gasteiger partial charge in [-0.2, -0.15) is 5.10 Å². The number of rotatable bonds is 9. The molecule has 5 heteroatoms. The highest BCUT2D eigenvalue weighted by Gasteiger charge is 2.22. The van der Waals surface area contributed by atoms with E-state index in [9.17, 15) is 4.79 Å². The van der Waals surface area contributed by atoms with Crippen molar-refractivity contribution in [3.63, 3.8) is 0 Å². The molecule has 152 valence electrons. The fourth-order valence-electron chi connectivity index (χ4n) is 3.27. The summed E-state index contributed by atoms with van der Waals surface area (Å²) in [5.41, 5.74) is 2.37. The number of hydrogen-bond donors (Lipinski definition) is 1. The molecule has 29 heavy (non-hydrogen) atoms. The van der Waals surface area contributed by atoms with Crippen molar-refractivity contribution in [3.8, 4) is 0 Å². The molecule has 0 fully saturated rings. The van der Waals surface area contributed by atoms with Crippen LogP contribution in [0.5, 0.6) is 0 Å². The third kappa shape index (κ3) is 6.29. The molecule has 3 aromatic rings. The van der Waals surface area contributed by atoms with E-state index in [2.05, 4.69) is 53.4 Å². The molecule has 1 N–H and O–H groups in total. The lowest BCUT2D eigenvalue weighted by Crippen LogP contribution is -2.41. The number of nitrogens with zero attached hydrogens (tertiary/aromatic N) is 3. The zero-order valence-corrected chi connectivity index (χ0v) is 17.5. The smallest absolute Gasteiger partial charge is 0.242 e. The van der Waals surface area contributed by atoms with E-state index in [4.69, 9.17) is 0 Å². The summed E-state index contributed by atoms with van der Waals surface area (Å²) in [6, 6.07) is 22.1. The summed E-state index contributed by atoms with van der Waals surface area (Å²) in [5.74, 6) is 1.05. The van der Waals surface area contributed by atoms with Crippen LogP contribution in [0.3, 0.4) is 0 Å². The van der Waals surface area contributed by atoms with Gasteiger partial charge in [0, 0.05) is 31.9 Å². The quantitative estimate of drug-likeness (QED) is 0.582. The van der Waals surface area contributed by atoms with Gasteiger partial charge < -0.3 is 5.32 Å². The van der Waals surface area contributed by atoms with E-state index < -0.39 is 0 Å². The van der Waals surface area contributed by atoms with Crippen LogP contribution in [0.1, 0.15) is 31.9 Å². The Balaban J connectivity index is 1.71. The van der Waals surface area contributed by atoms with Gasteiger partial charge in [0.15, 0.2) is 5.82 Å². The van der Waals surface area contributed by atoms with Crippen molar-refractivity contribution < 1.29 is 4.79 Å². The lowest BCUT2D eigenvalue weighted by Gasteiger charge is -2.28. The molecule has 2 aromatic carbocycles. The maximum absolute atomic E-state index is 13.0. The van der Waals surface area contributed by atoms with Gasteiger partial charge >= 0.3 is 0 Å². The van der Waals surface area contributed by atoms with E-state index in [0.717, 1.165) is 6.54 Å². The van der Waals surface area contributed by atoms with Crippen LogP contribution in [-0.4, -0.2) is 26.6 Å². The van der Waals surface area contributed by atoms with E-state index >= 15 is 0 Å². The second kappa shape index (κ2) is 10.0. The third-order valence-corrected chi connectivity index (χ3v) is 4.83. The first kappa shape index (κ1) is 20.8. The first-order valence-corrected chi connectivity index (χ1v) is 10.2.